The molecule has 0 aliphatic rings. The first kappa shape index (κ1) is 49.5. The molecule has 0 saturated heterocycles. The van der Waals surface area contributed by atoms with Gasteiger partial charge in [0.05, 0.1) is 12.7 Å². The number of hydrogen-bond donors (Lipinski definition) is 6. The summed E-state index contributed by atoms with van der Waals surface area (Å²) in [6.45, 7) is 29.8. The maximum Gasteiger partial charge on any atom is 0.137 e. The monoisotopic (exact) mass is 785 g/mol. The van der Waals surface area contributed by atoms with E-state index in [1.54, 1.807) is 25.2 Å². The summed E-state index contributed by atoms with van der Waals surface area (Å²) in [6.07, 6.45) is 19.9. The van der Waals surface area contributed by atoms with Crippen molar-refractivity contribution in [2.24, 2.45) is 7.05 Å². The molecule has 0 amide bonds. The summed E-state index contributed by atoms with van der Waals surface area (Å²) in [5, 5.41) is 14.2. The molecule has 0 fully saturated rings. The third kappa shape index (κ3) is 21.4. The van der Waals surface area contributed by atoms with Crippen LogP contribution in [0.15, 0.2) is 86.9 Å². The van der Waals surface area contributed by atoms with Gasteiger partial charge in [0, 0.05) is 85.3 Å². The van der Waals surface area contributed by atoms with Crippen LogP contribution in [0, 0.1) is 0 Å². The summed E-state index contributed by atoms with van der Waals surface area (Å²) in [5.41, 5.74) is 5.09. The Labute approximate surface area is 341 Å². The molecular formula is C43H72N14. The van der Waals surface area contributed by atoms with E-state index in [0.717, 1.165) is 17.5 Å². The second-order valence-corrected chi connectivity index (χ2v) is 15.5. The van der Waals surface area contributed by atoms with E-state index in [0.29, 0.717) is 41.4 Å². The van der Waals surface area contributed by atoms with Gasteiger partial charge < -0.3 is 29.5 Å². The summed E-state index contributed by atoms with van der Waals surface area (Å²) < 4.78 is 1.94. The lowest BCUT2D eigenvalue weighted by Crippen LogP contribution is -1.98. The summed E-state index contributed by atoms with van der Waals surface area (Å²) in [6, 6.07) is 6.23. The van der Waals surface area contributed by atoms with Crippen LogP contribution in [0.25, 0.3) is 0 Å². The molecule has 57 heavy (non-hydrogen) atoms. The molecule has 14 nitrogen and oxygen atoms in total. The highest BCUT2D eigenvalue weighted by atomic mass is 15.2. The Kier molecular flexibility index (Phi) is 24.3. The Bertz CT molecular complexity index is 1510. The molecule has 0 saturated carbocycles. The van der Waals surface area contributed by atoms with Crippen molar-refractivity contribution in [3.63, 3.8) is 0 Å². The van der Waals surface area contributed by atoms with Gasteiger partial charge in [0.15, 0.2) is 0 Å². The van der Waals surface area contributed by atoms with Crippen molar-refractivity contribution in [1.29, 1.82) is 0 Å². The first-order valence-corrected chi connectivity index (χ1v) is 20.0. The molecule has 0 aliphatic carbocycles. The zero-order valence-electron chi connectivity index (χ0n) is 37.2. The van der Waals surface area contributed by atoms with Crippen LogP contribution in [0.4, 0.5) is 0 Å². The van der Waals surface area contributed by atoms with Crippen LogP contribution < -0.4 is 0 Å². The zero-order valence-corrected chi connectivity index (χ0v) is 37.2. The van der Waals surface area contributed by atoms with Crippen molar-refractivity contribution in [1.82, 2.24) is 69.8 Å². The number of hydrogen-bond acceptors (Lipinski definition) is 7. The molecule has 0 radical (unpaired) electrons. The quantitative estimate of drug-likeness (QED) is 0.0926. The molecule has 14 heteroatoms. The molecule has 7 rings (SSSR count). The molecular weight excluding hydrogens is 713 g/mol. The fourth-order valence-electron chi connectivity index (χ4n) is 4.47. The average Bonchev–Trinajstić information content (AvgIpc) is 4.02. The van der Waals surface area contributed by atoms with Crippen LogP contribution in [-0.2, 0) is 7.05 Å². The van der Waals surface area contributed by atoms with E-state index in [1.165, 1.54) is 29.0 Å². The minimum Gasteiger partial charge on any atom is -0.367 e. The van der Waals surface area contributed by atoms with Gasteiger partial charge in [0.2, 0.25) is 0 Å². The van der Waals surface area contributed by atoms with Crippen molar-refractivity contribution in [2.75, 3.05) is 0 Å². The fraction of sp³-hybridized carbons (Fsp3) is 0.512. The second kappa shape index (κ2) is 28.0. The zero-order chi connectivity index (χ0) is 42.8. The number of nitrogens with zero attached hydrogens (tertiary/aromatic N) is 8. The molecule has 0 bridgehead atoms. The van der Waals surface area contributed by atoms with Crippen molar-refractivity contribution in [3.05, 3.63) is 127 Å². The molecule has 0 aliphatic heterocycles. The minimum atomic E-state index is 0.456. The summed E-state index contributed by atoms with van der Waals surface area (Å²) in [5.74, 6) is 6.91. The Balaban J connectivity index is 0.000000333. The second-order valence-electron chi connectivity index (χ2n) is 15.5. The lowest BCUT2D eigenvalue weighted by molar-refractivity contribution is 0.708. The SMILES string of the molecule is CC(C)c1cc[nH]c1.CC(C)c1ccc[nH]1.CC(C)c1cnc[nH]1.CC(C)c1cnc[nH]1.CC(C)c1ncc[nH]1.CC(C)c1ncn[nH]1.CC(C)c1nncn1C. The van der Waals surface area contributed by atoms with Crippen molar-refractivity contribution in [3.8, 4) is 0 Å². The van der Waals surface area contributed by atoms with E-state index in [-0.39, 0.29) is 0 Å². The maximum absolute atomic E-state index is 4.06. The lowest BCUT2D eigenvalue weighted by Gasteiger charge is -2.00. The summed E-state index contributed by atoms with van der Waals surface area (Å²) >= 11 is 0. The number of aromatic nitrogens is 14. The van der Waals surface area contributed by atoms with Crippen LogP contribution in [0.5, 0.6) is 0 Å². The van der Waals surface area contributed by atoms with Gasteiger partial charge in [-0.15, -0.1) is 10.2 Å². The molecule has 0 unspecified atom stereocenters. The smallest absolute Gasteiger partial charge is 0.137 e. The third-order valence-corrected chi connectivity index (χ3v) is 8.13. The highest BCUT2D eigenvalue weighted by Gasteiger charge is 2.03. The number of H-pyrrole nitrogens is 6. The van der Waals surface area contributed by atoms with Gasteiger partial charge in [-0.3, -0.25) is 5.10 Å². The topological polar surface area (TPSA) is 190 Å². The van der Waals surface area contributed by atoms with Crippen LogP contribution in [0.3, 0.4) is 0 Å². The van der Waals surface area contributed by atoms with E-state index in [4.69, 9.17) is 0 Å². The largest absolute Gasteiger partial charge is 0.367 e. The number of aromatic amines is 6. The van der Waals surface area contributed by atoms with Crippen molar-refractivity contribution < 1.29 is 0 Å². The predicted molar refractivity (Wildman–Crippen MR) is 233 cm³/mol. The molecule has 6 N–H and O–H groups in total. The van der Waals surface area contributed by atoms with Gasteiger partial charge in [-0.25, -0.2) is 19.9 Å². The van der Waals surface area contributed by atoms with Crippen LogP contribution >= 0.6 is 0 Å². The van der Waals surface area contributed by atoms with Crippen LogP contribution in [0.2, 0.25) is 0 Å². The Morgan fingerprint density at radius 2 is 1.16 bits per heavy atom. The van der Waals surface area contributed by atoms with E-state index in [2.05, 4.69) is 174 Å². The van der Waals surface area contributed by atoms with Crippen LogP contribution in [0.1, 0.15) is 178 Å². The van der Waals surface area contributed by atoms with Gasteiger partial charge in [0.1, 0.15) is 30.1 Å². The fourth-order valence-corrected chi connectivity index (χ4v) is 4.47. The van der Waals surface area contributed by atoms with Crippen molar-refractivity contribution in [2.45, 2.75) is 138 Å². The average molecular weight is 785 g/mol. The maximum atomic E-state index is 4.06. The molecule has 7 heterocycles. The summed E-state index contributed by atoms with van der Waals surface area (Å²) in [4.78, 5) is 31.0. The number of rotatable bonds is 7. The highest BCUT2D eigenvalue weighted by molar-refractivity contribution is 5.12. The van der Waals surface area contributed by atoms with E-state index >= 15 is 0 Å². The van der Waals surface area contributed by atoms with Crippen LogP contribution in [-0.4, -0.2) is 69.8 Å². The third-order valence-electron chi connectivity index (χ3n) is 8.13. The van der Waals surface area contributed by atoms with Crippen molar-refractivity contribution >= 4 is 0 Å². The Morgan fingerprint density at radius 1 is 0.561 bits per heavy atom. The molecule has 0 spiro atoms. The molecule has 314 valence electrons. The Hall–Kier alpha value is -5.53. The minimum absolute atomic E-state index is 0.456. The molecule has 0 atom stereocenters. The normalized spacial score (nSPS) is 10.4. The van der Waals surface area contributed by atoms with E-state index in [9.17, 15) is 0 Å². The first-order chi connectivity index (χ1) is 27.0. The van der Waals surface area contributed by atoms with E-state index in [1.807, 2.05) is 54.9 Å². The van der Waals surface area contributed by atoms with Gasteiger partial charge in [-0.05, 0) is 47.4 Å². The van der Waals surface area contributed by atoms with Gasteiger partial charge >= 0.3 is 0 Å². The van der Waals surface area contributed by atoms with Gasteiger partial charge in [-0.1, -0.05) is 96.9 Å². The van der Waals surface area contributed by atoms with Gasteiger partial charge in [-0.2, -0.15) is 5.10 Å². The molecule has 0 aromatic carbocycles. The number of imidazole rings is 3. The molecule has 7 aromatic rings. The van der Waals surface area contributed by atoms with E-state index < -0.39 is 0 Å². The standard InChI is InChI=1S/2C7H11N.C6H11N3.3C6H10N2.C5H9N3/c1-6(2)7-3-4-8-5-7;1-6(2)7-4-3-5-8-7;1-5(2)6-8-7-4-9(6)3;2*1-5(2)6-3-7-4-8-6;1-5(2)6-7-3-4-8-6;1-4(2)5-6-3-7-8-5/h2*3-6,8H,1-2H3;4-5H,1-3H3;3*3-5H,1-2H3,(H,7,8);3-4H,1-2H3,(H,6,7,8). The van der Waals surface area contributed by atoms with Gasteiger partial charge in [0.25, 0.3) is 0 Å². The predicted octanol–water partition coefficient (Wildman–Crippen LogP) is 10.7. The lowest BCUT2D eigenvalue weighted by atomic mass is 10.1. The summed E-state index contributed by atoms with van der Waals surface area (Å²) in [7, 11) is 1.95. The number of nitrogens with one attached hydrogen (secondary N) is 6. The highest BCUT2D eigenvalue weighted by Crippen LogP contribution is 2.12. The first-order valence-electron chi connectivity index (χ1n) is 20.0. The Morgan fingerprint density at radius 3 is 1.37 bits per heavy atom. The number of aryl methyl sites for hydroxylation is 1. The molecule has 7 aromatic heterocycles.